The monoisotopic (exact) mass is 221 g/mol. The lowest BCUT2D eigenvalue weighted by Gasteiger charge is -2.18. The van der Waals surface area contributed by atoms with Crippen molar-refractivity contribution in [2.75, 3.05) is 18.1 Å². The molecule has 1 aliphatic carbocycles. The summed E-state index contributed by atoms with van der Waals surface area (Å²) >= 11 is 1.98. The van der Waals surface area contributed by atoms with Crippen LogP contribution in [-0.4, -0.2) is 22.8 Å². The first-order valence-electron chi connectivity index (χ1n) is 5.53. The van der Waals surface area contributed by atoms with E-state index in [2.05, 4.69) is 10.3 Å². The highest BCUT2D eigenvalue weighted by Crippen LogP contribution is 2.40. The fraction of sp³-hybridized carbons (Fsp3) is 0.636. The second-order valence-electron chi connectivity index (χ2n) is 4.18. The molecular weight excluding hydrogens is 206 g/mol. The third kappa shape index (κ3) is 1.71. The van der Waals surface area contributed by atoms with Crippen LogP contribution in [0.25, 0.3) is 0 Å². The predicted octanol–water partition coefficient (Wildman–Crippen LogP) is 2.19. The van der Waals surface area contributed by atoms with Crippen LogP contribution in [0, 0.1) is 0 Å². The molecule has 4 heteroatoms. The van der Waals surface area contributed by atoms with Crippen molar-refractivity contribution < 1.29 is 0 Å². The number of nitrogens with one attached hydrogen (secondary N) is 1. The molecule has 0 unspecified atom stereocenters. The maximum absolute atomic E-state index is 4.72. The van der Waals surface area contributed by atoms with Crippen LogP contribution in [0.15, 0.2) is 0 Å². The van der Waals surface area contributed by atoms with E-state index in [1.807, 2.05) is 18.8 Å². The molecule has 3 rings (SSSR count). The van der Waals surface area contributed by atoms with Crippen molar-refractivity contribution in [1.29, 1.82) is 0 Å². The highest BCUT2D eigenvalue weighted by atomic mass is 32.2. The lowest BCUT2D eigenvalue weighted by molar-refractivity contribution is 0.860. The fourth-order valence-corrected chi connectivity index (χ4v) is 2.97. The average molecular weight is 221 g/mol. The average Bonchev–Trinajstić information content (AvgIpc) is 3.11. The van der Waals surface area contributed by atoms with Crippen LogP contribution >= 0.6 is 11.8 Å². The van der Waals surface area contributed by atoms with Crippen molar-refractivity contribution in [3.8, 4) is 0 Å². The molecule has 15 heavy (non-hydrogen) atoms. The van der Waals surface area contributed by atoms with Gasteiger partial charge in [0.2, 0.25) is 0 Å². The smallest absolute Gasteiger partial charge is 0.134 e. The molecule has 0 saturated heterocycles. The van der Waals surface area contributed by atoms with E-state index in [1.54, 1.807) is 0 Å². The number of aromatic nitrogens is 2. The Labute approximate surface area is 94.1 Å². The van der Waals surface area contributed by atoms with Gasteiger partial charge in [-0.3, -0.25) is 0 Å². The number of anilines is 1. The van der Waals surface area contributed by atoms with Crippen molar-refractivity contribution in [3.05, 3.63) is 17.1 Å². The number of nitrogens with zero attached hydrogens (tertiary/aromatic N) is 2. The Morgan fingerprint density at radius 1 is 1.33 bits per heavy atom. The molecule has 0 atom stereocenters. The lowest BCUT2D eigenvalue weighted by atomic mass is 10.1. The largest absolute Gasteiger partial charge is 0.373 e. The molecule has 1 saturated carbocycles. The van der Waals surface area contributed by atoms with E-state index in [9.17, 15) is 0 Å². The van der Waals surface area contributed by atoms with Crippen molar-refractivity contribution in [1.82, 2.24) is 9.97 Å². The number of rotatable bonds is 2. The summed E-state index contributed by atoms with van der Waals surface area (Å²) < 4.78 is 0. The van der Waals surface area contributed by atoms with Crippen molar-refractivity contribution in [3.63, 3.8) is 0 Å². The number of thioether (sulfide) groups is 1. The van der Waals surface area contributed by atoms with E-state index < -0.39 is 0 Å². The minimum Gasteiger partial charge on any atom is -0.373 e. The summed E-state index contributed by atoms with van der Waals surface area (Å²) in [6, 6.07) is 0. The summed E-state index contributed by atoms with van der Waals surface area (Å²) in [6.45, 7) is 0. The first-order chi connectivity index (χ1) is 7.38. The summed E-state index contributed by atoms with van der Waals surface area (Å²) in [5.74, 6) is 5.06. The van der Waals surface area contributed by atoms with E-state index in [-0.39, 0.29) is 0 Å². The molecule has 80 valence electrons. The molecule has 1 N–H and O–H groups in total. The van der Waals surface area contributed by atoms with Crippen LogP contribution in [0.4, 0.5) is 5.82 Å². The van der Waals surface area contributed by atoms with Crippen LogP contribution in [0.5, 0.6) is 0 Å². The summed E-state index contributed by atoms with van der Waals surface area (Å²) in [4.78, 5) is 9.35. The maximum atomic E-state index is 4.72. The third-order valence-electron chi connectivity index (χ3n) is 3.02. The van der Waals surface area contributed by atoms with Crippen LogP contribution in [0.1, 0.15) is 35.8 Å². The minimum absolute atomic E-state index is 0.650. The molecule has 0 bridgehead atoms. The third-order valence-corrected chi connectivity index (χ3v) is 4.00. The fourth-order valence-electron chi connectivity index (χ4n) is 1.98. The quantitative estimate of drug-likeness (QED) is 0.830. The second-order valence-corrected chi connectivity index (χ2v) is 5.29. The van der Waals surface area contributed by atoms with Crippen LogP contribution in [0.3, 0.4) is 0 Å². The van der Waals surface area contributed by atoms with Crippen molar-refractivity contribution in [2.24, 2.45) is 0 Å². The van der Waals surface area contributed by atoms with Crippen LogP contribution in [0.2, 0.25) is 0 Å². The zero-order valence-corrected chi connectivity index (χ0v) is 9.73. The molecule has 2 heterocycles. The Bertz CT molecular complexity index is 370. The molecule has 1 aromatic heterocycles. The Morgan fingerprint density at radius 2 is 2.20 bits per heavy atom. The number of fused-ring (bicyclic) bond motifs is 1. The van der Waals surface area contributed by atoms with Gasteiger partial charge in [-0.05, 0) is 25.0 Å². The van der Waals surface area contributed by atoms with Gasteiger partial charge in [0, 0.05) is 24.3 Å². The van der Waals surface area contributed by atoms with Crippen LogP contribution < -0.4 is 5.32 Å². The molecule has 0 radical (unpaired) electrons. The summed E-state index contributed by atoms with van der Waals surface area (Å²) in [6.07, 6.45) is 3.66. The zero-order valence-electron chi connectivity index (χ0n) is 8.92. The first-order valence-corrected chi connectivity index (χ1v) is 6.69. The van der Waals surface area contributed by atoms with E-state index in [0.29, 0.717) is 5.92 Å². The second kappa shape index (κ2) is 3.67. The highest BCUT2D eigenvalue weighted by Gasteiger charge is 2.29. The van der Waals surface area contributed by atoms with Gasteiger partial charge in [0.1, 0.15) is 11.6 Å². The van der Waals surface area contributed by atoms with Crippen molar-refractivity contribution >= 4 is 17.6 Å². The molecule has 0 amide bonds. The Kier molecular flexibility index (Phi) is 2.31. The van der Waals surface area contributed by atoms with Gasteiger partial charge in [-0.2, -0.15) is 11.8 Å². The van der Waals surface area contributed by atoms with Gasteiger partial charge in [-0.15, -0.1) is 0 Å². The van der Waals surface area contributed by atoms with Gasteiger partial charge in [-0.1, -0.05) is 0 Å². The van der Waals surface area contributed by atoms with E-state index >= 15 is 0 Å². The molecule has 3 nitrogen and oxygen atoms in total. The minimum atomic E-state index is 0.650. The SMILES string of the molecule is CNc1nc(C2CC2)nc2c1CSCC2. The maximum Gasteiger partial charge on any atom is 0.134 e. The lowest BCUT2D eigenvalue weighted by Crippen LogP contribution is -2.12. The van der Waals surface area contributed by atoms with Crippen molar-refractivity contribution in [2.45, 2.75) is 30.9 Å². The van der Waals surface area contributed by atoms with Gasteiger partial charge in [0.15, 0.2) is 0 Å². The molecule has 1 aliphatic heterocycles. The summed E-state index contributed by atoms with van der Waals surface area (Å²) in [5.41, 5.74) is 2.62. The van der Waals surface area contributed by atoms with Gasteiger partial charge < -0.3 is 5.32 Å². The first kappa shape index (κ1) is 9.46. The van der Waals surface area contributed by atoms with E-state index in [4.69, 9.17) is 4.98 Å². The highest BCUT2D eigenvalue weighted by molar-refractivity contribution is 7.98. The van der Waals surface area contributed by atoms with E-state index in [1.165, 1.54) is 29.9 Å². The van der Waals surface area contributed by atoms with E-state index in [0.717, 1.165) is 23.8 Å². The molecule has 0 spiro atoms. The Balaban J connectivity index is 2.06. The molecule has 1 aromatic rings. The van der Waals surface area contributed by atoms with Gasteiger partial charge in [-0.25, -0.2) is 9.97 Å². The normalized spacial score (nSPS) is 19.8. The molecular formula is C11H15N3S. The predicted molar refractivity (Wildman–Crippen MR) is 63.4 cm³/mol. The summed E-state index contributed by atoms with van der Waals surface area (Å²) in [7, 11) is 1.96. The number of hydrogen-bond donors (Lipinski definition) is 1. The Hall–Kier alpha value is -0.770. The topological polar surface area (TPSA) is 37.8 Å². The molecule has 2 aliphatic rings. The number of aryl methyl sites for hydroxylation is 1. The summed E-state index contributed by atoms with van der Waals surface area (Å²) in [5, 5.41) is 3.21. The molecule has 0 aromatic carbocycles. The van der Waals surface area contributed by atoms with Gasteiger partial charge in [0.25, 0.3) is 0 Å². The standard InChI is InChI=1S/C11H15N3S/c1-12-11-8-6-15-5-4-9(8)13-10(14-11)7-2-3-7/h7H,2-6H2,1H3,(H,12,13,14). The van der Waals surface area contributed by atoms with Gasteiger partial charge in [0.05, 0.1) is 5.69 Å². The molecule has 1 fully saturated rings. The van der Waals surface area contributed by atoms with Crippen LogP contribution in [-0.2, 0) is 12.2 Å². The Morgan fingerprint density at radius 3 is 2.93 bits per heavy atom. The number of hydrogen-bond acceptors (Lipinski definition) is 4. The zero-order chi connectivity index (χ0) is 10.3. The van der Waals surface area contributed by atoms with Gasteiger partial charge >= 0.3 is 0 Å².